The fourth-order valence-electron chi connectivity index (χ4n) is 2.90. The molecule has 0 aromatic heterocycles. The summed E-state index contributed by atoms with van der Waals surface area (Å²) in [5.74, 6) is 0. The van der Waals surface area contributed by atoms with Crippen molar-refractivity contribution in [2.24, 2.45) is 0 Å². The lowest BCUT2D eigenvalue weighted by Crippen LogP contribution is -2.38. The van der Waals surface area contributed by atoms with Gasteiger partial charge in [0.15, 0.2) is 0 Å². The fourth-order valence-corrected chi connectivity index (χ4v) is 3.08. The smallest absolute Gasteiger partial charge is 0.0558 e. The molecule has 1 aromatic rings. The van der Waals surface area contributed by atoms with Gasteiger partial charge >= 0.3 is 0 Å². The summed E-state index contributed by atoms with van der Waals surface area (Å²) in [5.41, 5.74) is 7.63. The number of benzene rings is 1. The van der Waals surface area contributed by atoms with Crippen LogP contribution in [-0.2, 0) is 6.54 Å². The third-order valence-corrected chi connectivity index (χ3v) is 4.29. The standard InChI is InChI=1S/C15H23ClN2O/c16-15-7-6-13(17)10-12(15)11-18(8-9-19)14-4-2-1-3-5-14/h6-7,10,14,19H,1-5,8-9,11,17H2. The third kappa shape index (κ3) is 4.10. The van der Waals surface area contributed by atoms with Crippen LogP contribution in [0.15, 0.2) is 18.2 Å². The zero-order chi connectivity index (χ0) is 13.7. The molecule has 0 atom stereocenters. The van der Waals surface area contributed by atoms with Gasteiger partial charge in [-0.25, -0.2) is 0 Å². The van der Waals surface area contributed by atoms with Gasteiger partial charge in [-0.3, -0.25) is 4.90 Å². The molecule has 4 heteroatoms. The average Bonchev–Trinajstić information content (AvgIpc) is 2.43. The van der Waals surface area contributed by atoms with Crippen LogP contribution in [0.1, 0.15) is 37.7 Å². The Morgan fingerprint density at radius 3 is 2.68 bits per heavy atom. The van der Waals surface area contributed by atoms with Crippen molar-refractivity contribution in [3.8, 4) is 0 Å². The van der Waals surface area contributed by atoms with E-state index in [1.54, 1.807) is 0 Å². The van der Waals surface area contributed by atoms with Crippen LogP contribution in [0.2, 0.25) is 5.02 Å². The van der Waals surface area contributed by atoms with Crippen molar-refractivity contribution in [1.29, 1.82) is 0 Å². The Labute approximate surface area is 120 Å². The number of halogens is 1. The second-order valence-corrected chi connectivity index (χ2v) is 5.74. The number of nitrogens with two attached hydrogens (primary N) is 1. The van der Waals surface area contributed by atoms with E-state index < -0.39 is 0 Å². The summed E-state index contributed by atoms with van der Waals surface area (Å²) in [5, 5.41) is 10.0. The molecule has 1 aromatic carbocycles. The molecule has 0 heterocycles. The Hall–Kier alpha value is -0.770. The largest absolute Gasteiger partial charge is 0.399 e. The third-order valence-electron chi connectivity index (χ3n) is 3.92. The zero-order valence-electron chi connectivity index (χ0n) is 11.3. The Balaban J connectivity index is 2.08. The molecule has 3 N–H and O–H groups in total. The Bertz CT molecular complexity index is 405. The minimum absolute atomic E-state index is 0.191. The summed E-state index contributed by atoms with van der Waals surface area (Å²) < 4.78 is 0. The molecule has 0 bridgehead atoms. The first-order chi connectivity index (χ1) is 9.20. The number of aliphatic hydroxyl groups is 1. The van der Waals surface area contributed by atoms with Gasteiger partial charge in [0.1, 0.15) is 0 Å². The summed E-state index contributed by atoms with van der Waals surface area (Å²) in [6.45, 7) is 1.67. The number of nitrogens with zero attached hydrogens (tertiary/aromatic N) is 1. The molecular formula is C15H23ClN2O. The van der Waals surface area contributed by atoms with Gasteiger partial charge in [-0.2, -0.15) is 0 Å². The predicted octanol–water partition coefficient (Wildman–Crippen LogP) is 3.05. The van der Waals surface area contributed by atoms with E-state index >= 15 is 0 Å². The van der Waals surface area contributed by atoms with E-state index in [1.165, 1.54) is 32.1 Å². The van der Waals surface area contributed by atoms with Crippen molar-refractivity contribution in [2.75, 3.05) is 18.9 Å². The molecule has 0 amide bonds. The summed E-state index contributed by atoms with van der Waals surface area (Å²) in [4.78, 5) is 2.35. The highest BCUT2D eigenvalue weighted by Crippen LogP contribution is 2.26. The number of nitrogen functional groups attached to an aromatic ring is 1. The van der Waals surface area contributed by atoms with Gasteiger partial charge in [0.05, 0.1) is 6.61 Å². The molecule has 0 radical (unpaired) electrons. The van der Waals surface area contributed by atoms with Gasteiger partial charge < -0.3 is 10.8 Å². The van der Waals surface area contributed by atoms with Crippen molar-refractivity contribution in [3.63, 3.8) is 0 Å². The number of aliphatic hydroxyl groups excluding tert-OH is 1. The first kappa shape index (κ1) is 14.6. The van der Waals surface area contributed by atoms with E-state index in [0.29, 0.717) is 12.6 Å². The van der Waals surface area contributed by atoms with Gasteiger partial charge in [-0.05, 0) is 36.6 Å². The van der Waals surface area contributed by atoms with E-state index in [2.05, 4.69) is 4.90 Å². The molecule has 0 spiro atoms. The highest BCUT2D eigenvalue weighted by Gasteiger charge is 2.21. The minimum Gasteiger partial charge on any atom is -0.399 e. The van der Waals surface area contributed by atoms with Crippen molar-refractivity contribution in [3.05, 3.63) is 28.8 Å². The van der Waals surface area contributed by atoms with Crippen LogP contribution in [0.5, 0.6) is 0 Å². The normalized spacial score (nSPS) is 17.0. The lowest BCUT2D eigenvalue weighted by molar-refractivity contribution is 0.117. The van der Waals surface area contributed by atoms with Crippen molar-refractivity contribution in [1.82, 2.24) is 4.90 Å². The van der Waals surface area contributed by atoms with Crippen LogP contribution >= 0.6 is 11.6 Å². The Kier molecular flexibility index (Phi) is 5.49. The lowest BCUT2D eigenvalue weighted by atomic mass is 9.94. The SMILES string of the molecule is Nc1ccc(Cl)c(CN(CCO)C2CCCCC2)c1. The van der Waals surface area contributed by atoms with Crippen LogP contribution in [0.25, 0.3) is 0 Å². The second kappa shape index (κ2) is 7.13. The number of hydrogen-bond donors (Lipinski definition) is 2. The van der Waals surface area contributed by atoms with Crippen molar-refractivity contribution < 1.29 is 5.11 Å². The summed E-state index contributed by atoms with van der Waals surface area (Å²) in [6.07, 6.45) is 6.36. The molecule has 0 aliphatic heterocycles. The molecule has 19 heavy (non-hydrogen) atoms. The zero-order valence-corrected chi connectivity index (χ0v) is 12.1. The maximum Gasteiger partial charge on any atom is 0.0558 e. The van der Waals surface area contributed by atoms with E-state index in [9.17, 15) is 5.11 Å². The topological polar surface area (TPSA) is 49.5 Å². The van der Waals surface area contributed by atoms with E-state index in [-0.39, 0.29) is 6.61 Å². The van der Waals surface area contributed by atoms with E-state index in [1.807, 2.05) is 18.2 Å². The van der Waals surface area contributed by atoms with Crippen LogP contribution in [0.3, 0.4) is 0 Å². The summed E-state index contributed by atoms with van der Waals surface area (Å²) >= 11 is 6.23. The minimum atomic E-state index is 0.191. The first-order valence-corrected chi connectivity index (χ1v) is 7.47. The number of anilines is 1. The molecular weight excluding hydrogens is 260 g/mol. The molecule has 1 saturated carbocycles. The lowest BCUT2D eigenvalue weighted by Gasteiger charge is -2.34. The predicted molar refractivity (Wildman–Crippen MR) is 80.2 cm³/mol. The highest BCUT2D eigenvalue weighted by molar-refractivity contribution is 6.31. The van der Waals surface area contributed by atoms with Gasteiger partial charge in [0, 0.05) is 29.8 Å². The van der Waals surface area contributed by atoms with Gasteiger partial charge in [0.2, 0.25) is 0 Å². The Morgan fingerprint density at radius 1 is 1.26 bits per heavy atom. The van der Waals surface area contributed by atoms with Gasteiger partial charge in [-0.1, -0.05) is 30.9 Å². The van der Waals surface area contributed by atoms with Crippen LogP contribution in [0.4, 0.5) is 5.69 Å². The van der Waals surface area contributed by atoms with Crippen LogP contribution in [0, 0.1) is 0 Å². The van der Waals surface area contributed by atoms with E-state index in [0.717, 1.165) is 22.8 Å². The Morgan fingerprint density at radius 2 is 2.00 bits per heavy atom. The van der Waals surface area contributed by atoms with E-state index in [4.69, 9.17) is 17.3 Å². The first-order valence-electron chi connectivity index (χ1n) is 7.09. The number of hydrogen-bond acceptors (Lipinski definition) is 3. The van der Waals surface area contributed by atoms with Gasteiger partial charge in [0.25, 0.3) is 0 Å². The molecule has 3 nitrogen and oxygen atoms in total. The van der Waals surface area contributed by atoms with Crippen LogP contribution in [-0.4, -0.2) is 29.2 Å². The van der Waals surface area contributed by atoms with Crippen molar-refractivity contribution in [2.45, 2.75) is 44.7 Å². The quantitative estimate of drug-likeness (QED) is 0.816. The molecule has 106 valence electrons. The summed E-state index contributed by atoms with van der Waals surface area (Å²) in [6, 6.07) is 6.18. The van der Waals surface area contributed by atoms with Gasteiger partial charge in [-0.15, -0.1) is 0 Å². The molecule has 2 rings (SSSR count). The maximum absolute atomic E-state index is 9.27. The highest BCUT2D eigenvalue weighted by atomic mass is 35.5. The summed E-state index contributed by atoms with van der Waals surface area (Å²) in [7, 11) is 0. The average molecular weight is 283 g/mol. The molecule has 1 aliphatic carbocycles. The van der Waals surface area contributed by atoms with Crippen molar-refractivity contribution >= 4 is 17.3 Å². The second-order valence-electron chi connectivity index (χ2n) is 5.34. The van der Waals surface area contributed by atoms with Crippen LogP contribution < -0.4 is 5.73 Å². The maximum atomic E-state index is 9.27. The molecule has 0 unspecified atom stereocenters. The molecule has 1 aliphatic rings. The molecule has 0 saturated heterocycles. The molecule has 1 fully saturated rings. The number of rotatable bonds is 5. The fraction of sp³-hybridized carbons (Fsp3) is 0.600. The monoisotopic (exact) mass is 282 g/mol.